The Hall–Kier alpha value is -2.41. The average molecular weight is 227 g/mol. The first-order valence-corrected chi connectivity index (χ1v) is 5.08. The summed E-state index contributed by atoms with van der Waals surface area (Å²) in [6.07, 6.45) is 3.09. The number of aromatic nitrogens is 1. The van der Waals surface area contributed by atoms with Crippen LogP contribution in [-0.2, 0) is 0 Å². The van der Waals surface area contributed by atoms with Crippen molar-refractivity contribution in [3.8, 4) is 6.07 Å². The second kappa shape index (κ2) is 4.62. The summed E-state index contributed by atoms with van der Waals surface area (Å²) in [7, 11) is 0. The van der Waals surface area contributed by atoms with E-state index < -0.39 is 0 Å². The molecule has 2 rings (SSSR count). The summed E-state index contributed by atoms with van der Waals surface area (Å²) in [6.45, 7) is 1.87. The molecule has 1 heterocycles. The number of nitriles is 1. The zero-order valence-electron chi connectivity index (χ0n) is 9.24. The zero-order chi connectivity index (χ0) is 12.3. The van der Waals surface area contributed by atoms with Crippen molar-refractivity contribution < 1.29 is 4.39 Å². The van der Waals surface area contributed by atoms with Gasteiger partial charge in [0.2, 0.25) is 0 Å². The second-order valence-corrected chi connectivity index (χ2v) is 3.62. The van der Waals surface area contributed by atoms with Crippen LogP contribution in [0.2, 0.25) is 0 Å². The van der Waals surface area contributed by atoms with E-state index in [4.69, 9.17) is 5.26 Å². The van der Waals surface area contributed by atoms with Crippen molar-refractivity contribution in [1.82, 2.24) is 4.98 Å². The molecule has 17 heavy (non-hydrogen) atoms. The Bertz CT molecular complexity index is 587. The molecule has 0 spiro atoms. The number of benzene rings is 1. The first-order valence-electron chi connectivity index (χ1n) is 5.08. The van der Waals surface area contributed by atoms with Crippen molar-refractivity contribution >= 4 is 11.4 Å². The van der Waals surface area contributed by atoms with Gasteiger partial charge in [-0.05, 0) is 30.7 Å². The standard InChI is InChI=1S/C13H10FN3/c1-9-2-3-11(14)6-12(9)17-13-8-16-5-4-10(13)7-15/h2-6,8,17H,1H3. The highest BCUT2D eigenvalue weighted by Crippen LogP contribution is 2.23. The topological polar surface area (TPSA) is 48.7 Å². The zero-order valence-corrected chi connectivity index (χ0v) is 9.24. The van der Waals surface area contributed by atoms with E-state index in [1.54, 1.807) is 24.5 Å². The number of nitrogens with one attached hydrogen (secondary N) is 1. The largest absolute Gasteiger partial charge is 0.353 e. The molecule has 0 saturated carbocycles. The Morgan fingerprint density at radius 1 is 1.29 bits per heavy atom. The van der Waals surface area contributed by atoms with Crippen LogP contribution >= 0.6 is 0 Å². The molecule has 0 unspecified atom stereocenters. The molecule has 4 heteroatoms. The minimum absolute atomic E-state index is 0.319. The van der Waals surface area contributed by atoms with Gasteiger partial charge in [-0.25, -0.2) is 4.39 Å². The fourth-order valence-electron chi connectivity index (χ4n) is 1.47. The van der Waals surface area contributed by atoms with E-state index in [1.807, 2.05) is 6.92 Å². The Labute approximate surface area is 98.5 Å². The van der Waals surface area contributed by atoms with Gasteiger partial charge in [0.15, 0.2) is 0 Å². The lowest BCUT2D eigenvalue weighted by Crippen LogP contribution is -1.97. The molecule has 0 bridgehead atoms. The van der Waals surface area contributed by atoms with Crippen molar-refractivity contribution in [2.75, 3.05) is 5.32 Å². The molecule has 2 aromatic rings. The van der Waals surface area contributed by atoms with Crippen LogP contribution in [0.15, 0.2) is 36.7 Å². The number of rotatable bonds is 2. The van der Waals surface area contributed by atoms with E-state index in [9.17, 15) is 4.39 Å². The number of nitrogens with zero attached hydrogens (tertiary/aromatic N) is 2. The number of anilines is 2. The Morgan fingerprint density at radius 3 is 2.88 bits per heavy atom. The molecule has 0 aliphatic rings. The van der Waals surface area contributed by atoms with Crippen LogP contribution in [0.1, 0.15) is 11.1 Å². The molecule has 84 valence electrons. The van der Waals surface area contributed by atoms with Gasteiger partial charge < -0.3 is 5.32 Å². The molecule has 0 amide bonds. The first kappa shape index (κ1) is 11.1. The van der Waals surface area contributed by atoms with Gasteiger partial charge in [0.1, 0.15) is 11.9 Å². The molecule has 3 nitrogen and oxygen atoms in total. The highest BCUT2D eigenvalue weighted by molar-refractivity contribution is 5.67. The number of pyridine rings is 1. The number of hydrogen-bond acceptors (Lipinski definition) is 3. The fourth-order valence-corrected chi connectivity index (χ4v) is 1.47. The van der Waals surface area contributed by atoms with Crippen LogP contribution in [0.5, 0.6) is 0 Å². The van der Waals surface area contributed by atoms with Gasteiger partial charge in [0.05, 0.1) is 17.4 Å². The third-order valence-electron chi connectivity index (χ3n) is 2.41. The third-order valence-corrected chi connectivity index (χ3v) is 2.41. The number of aryl methyl sites for hydroxylation is 1. The SMILES string of the molecule is Cc1ccc(F)cc1Nc1cnccc1C#N. The van der Waals surface area contributed by atoms with Gasteiger partial charge in [-0.15, -0.1) is 0 Å². The Kier molecular flexibility index (Phi) is 3.01. The normalized spacial score (nSPS) is 9.71. The van der Waals surface area contributed by atoms with Gasteiger partial charge in [-0.1, -0.05) is 6.07 Å². The van der Waals surface area contributed by atoms with Crippen LogP contribution in [0.25, 0.3) is 0 Å². The molecular formula is C13H10FN3. The summed E-state index contributed by atoms with van der Waals surface area (Å²) >= 11 is 0. The number of halogens is 1. The molecule has 1 aromatic heterocycles. The second-order valence-electron chi connectivity index (χ2n) is 3.62. The van der Waals surface area contributed by atoms with Crippen LogP contribution < -0.4 is 5.32 Å². The lowest BCUT2D eigenvalue weighted by molar-refractivity contribution is 0.628. The first-order chi connectivity index (χ1) is 8.20. The van der Waals surface area contributed by atoms with Gasteiger partial charge in [-0.3, -0.25) is 4.98 Å². The minimum Gasteiger partial charge on any atom is -0.353 e. The predicted octanol–water partition coefficient (Wildman–Crippen LogP) is 3.14. The van der Waals surface area contributed by atoms with Crippen molar-refractivity contribution in [3.05, 3.63) is 53.6 Å². The summed E-state index contributed by atoms with van der Waals surface area (Å²) < 4.78 is 13.1. The molecule has 1 aromatic carbocycles. The lowest BCUT2D eigenvalue weighted by atomic mass is 10.1. The fraction of sp³-hybridized carbons (Fsp3) is 0.0769. The van der Waals surface area contributed by atoms with Crippen molar-refractivity contribution in [3.63, 3.8) is 0 Å². The summed E-state index contributed by atoms with van der Waals surface area (Å²) in [5, 5.41) is 11.9. The highest BCUT2D eigenvalue weighted by atomic mass is 19.1. The smallest absolute Gasteiger partial charge is 0.125 e. The van der Waals surface area contributed by atoms with E-state index in [1.165, 1.54) is 12.1 Å². The van der Waals surface area contributed by atoms with Crippen LogP contribution in [0.4, 0.5) is 15.8 Å². The molecule has 0 radical (unpaired) electrons. The number of hydrogen-bond donors (Lipinski definition) is 1. The molecule has 0 atom stereocenters. The van der Waals surface area contributed by atoms with E-state index >= 15 is 0 Å². The van der Waals surface area contributed by atoms with Crippen LogP contribution in [0, 0.1) is 24.1 Å². The maximum atomic E-state index is 13.1. The molecule has 0 saturated heterocycles. The average Bonchev–Trinajstić information content (AvgIpc) is 2.34. The van der Waals surface area contributed by atoms with E-state index in [0.29, 0.717) is 16.9 Å². The molecule has 1 N–H and O–H groups in total. The van der Waals surface area contributed by atoms with Gasteiger partial charge in [-0.2, -0.15) is 5.26 Å². The quantitative estimate of drug-likeness (QED) is 0.857. The van der Waals surface area contributed by atoms with E-state index in [-0.39, 0.29) is 5.82 Å². The highest BCUT2D eigenvalue weighted by Gasteiger charge is 2.04. The molecule has 0 aliphatic carbocycles. The van der Waals surface area contributed by atoms with Crippen molar-refractivity contribution in [1.29, 1.82) is 5.26 Å². The van der Waals surface area contributed by atoms with Crippen LogP contribution in [0.3, 0.4) is 0 Å². The third kappa shape index (κ3) is 2.40. The molecular weight excluding hydrogens is 217 g/mol. The summed E-state index contributed by atoms with van der Waals surface area (Å²) in [5.41, 5.74) is 2.58. The van der Waals surface area contributed by atoms with Crippen molar-refractivity contribution in [2.24, 2.45) is 0 Å². The minimum atomic E-state index is -0.319. The summed E-state index contributed by atoms with van der Waals surface area (Å²) in [5.74, 6) is -0.319. The summed E-state index contributed by atoms with van der Waals surface area (Å²) in [4.78, 5) is 3.93. The van der Waals surface area contributed by atoms with Gasteiger partial charge >= 0.3 is 0 Å². The monoisotopic (exact) mass is 227 g/mol. The van der Waals surface area contributed by atoms with Gasteiger partial charge in [0.25, 0.3) is 0 Å². The van der Waals surface area contributed by atoms with Crippen molar-refractivity contribution in [2.45, 2.75) is 6.92 Å². The Morgan fingerprint density at radius 2 is 2.12 bits per heavy atom. The van der Waals surface area contributed by atoms with E-state index in [2.05, 4.69) is 16.4 Å². The maximum absolute atomic E-state index is 13.1. The molecule has 0 fully saturated rings. The summed E-state index contributed by atoms with van der Waals surface area (Å²) in [6, 6.07) is 8.13. The Balaban J connectivity index is 2.38. The van der Waals surface area contributed by atoms with Gasteiger partial charge in [0, 0.05) is 11.9 Å². The maximum Gasteiger partial charge on any atom is 0.125 e. The lowest BCUT2D eigenvalue weighted by Gasteiger charge is -2.10. The van der Waals surface area contributed by atoms with E-state index in [0.717, 1.165) is 5.56 Å². The molecule has 0 aliphatic heterocycles. The van der Waals surface area contributed by atoms with Crippen LogP contribution in [-0.4, -0.2) is 4.98 Å². The predicted molar refractivity (Wildman–Crippen MR) is 63.4 cm³/mol.